The van der Waals surface area contributed by atoms with Crippen molar-refractivity contribution in [3.05, 3.63) is 46.5 Å². The van der Waals surface area contributed by atoms with Crippen molar-refractivity contribution in [1.29, 1.82) is 0 Å². The lowest BCUT2D eigenvalue weighted by Gasteiger charge is -2.33. The normalized spacial score (nSPS) is 16.2. The molecule has 10 heteroatoms. The van der Waals surface area contributed by atoms with Gasteiger partial charge in [-0.25, -0.2) is 13.4 Å². The van der Waals surface area contributed by atoms with Crippen LogP contribution in [0.1, 0.15) is 69.0 Å². The van der Waals surface area contributed by atoms with Crippen LogP contribution in [0.15, 0.2) is 29.2 Å². The van der Waals surface area contributed by atoms with Crippen molar-refractivity contribution < 1.29 is 23.4 Å². The summed E-state index contributed by atoms with van der Waals surface area (Å²) in [6, 6.07) is 6.31. The molecule has 3 rings (SSSR count). The summed E-state index contributed by atoms with van der Waals surface area (Å²) < 4.78 is 30.1. The van der Waals surface area contributed by atoms with Crippen LogP contribution in [0.3, 0.4) is 0 Å². The van der Waals surface area contributed by atoms with Gasteiger partial charge in [-0.2, -0.15) is 4.72 Å². The Labute approximate surface area is 193 Å². The predicted molar refractivity (Wildman–Crippen MR) is 121 cm³/mol. The number of aliphatic carboxylic acids is 1. The number of unbranched alkanes of at least 4 members (excludes halogenated alkanes) is 1. The lowest BCUT2D eigenvalue weighted by atomic mass is 9.83. The molecule has 0 atom stereocenters. The molecule has 32 heavy (non-hydrogen) atoms. The van der Waals surface area contributed by atoms with E-state index in [2.05, 4.69) is 16.6 Å². The Morgan fingerprint density at radius 2 is 1.88 bits per heavy atom. The number of carbonyl (C=O) groups is 1. The highest BCUT2D eigenvalue weighted by molar-refractivity contribution is 7.89. The first kappa shape index (κ1) is 24.7. The molecule has 0 unspecified atom stereocenters. The van der Waals surface area contributed by atoms with Crippen LogP contribution in [-0.4, -0.2) is 39.7 Å². The van der Waals surface area contributed by atoms with Gasteiger partial charge in [-0.1, -0.05) is 56.3 Å². The Morgan fingerprint density at radius 1 is 1.22 bits per heavy atom. The second kappa shape index (κ2) is 10.3. The number of aromatic nitrogens is 2. The molecular weight excluding hydrogens is 454 g/mol. The standard InChI is InChI=1S/C22H30ClN3O5S/c1-2-3-7-19-24-20(23)18(15-27)26(19)14-16-8-10-17(11-9-16)32(30,31)25-22(21(28)29)12-5-4-6-13-22/h8-11,25,27H,2-7,12-15H2,1H3,(H,28,29). The maximum Gasteiger partial charge on any atom is 0.324 e. The number of rotatable bonds is 10. The molecule has 0 amide bonds. The fraction of sp³-hybridized carbons (Fsp3) is 0.545. The third-order valence-corrected chi connectivity index (χ3v) is 7.88. The smallest absolute Gasteiger partial charge is 0.324 e. The number of aliphatic hydroxyl groups excluding tert-OH is 1. The molecule has 0 spiro atoms. The van der Waals surface area contributed by atoms with Gasteiger partial charge in [0.05, 0.1) is 17.2 Å². The number of imidazole rings is 1. The van der Waals surface area contributed by atoms with Gasteiger partial charge >= 0.3 is 5.97 Å². The van der Waals surface area contributed by atoms with Crippen LogP contribution in [0, 0.1) is 0 Å². The van der Waals surface area contributed by atoms with Gasteiger partial charge < -0.3 is 14.8 Å². The quantitative estimate of drug-likeness (QED) is 0.475. The van der Waals surface area contributed by atoms with Crippen molar-refractivity contribution in [3.63, 3.8) is 0 Å². The summed E-state index contributed by atoms with van der Waals surface area (Å²) in [7, 11) is -3.99. The van der Waals surface area contributed by atoms with E-state index in [0.717, 1.165) is 37.1 Å². The van der Waals surface area contributed by atoms with Crippen LogP contribution in [-0.2, 0) is 34.4 Å². The van der Waals surface area contributed by atoms with Crippen LogP contribution in [0.5, 0.6) is 0 Å². The average molecular weight is 484 g/mol. The van der Waals surface area contributed by atoms with Crippen molar-refractivity contribution in [2.24, 2.45) is 0 Å². The minimum atomic E-state index is -3.99. The fourth-order valence-corrected chi connectivity index (χ4v) is 5.83. The third kappa shape index (κ3) is 5.33. The van der Waals surface area contributed by atoms with E-state index in [0.29, 0.717) is 25.1 Å². The summed E-state index contributed by atoms with van der Waals surface area (Å²) in [4.78, 5) is 16.2. The second-order valence-electron chi connectivity index (χ2n) is 8.31. The van der Waals surface area contributed by atoms with E-state index in [1.54, 1.807) is 12.1 Å². The van der Waals surface area contributed by atoms with Crippen molar-refractivity contribution in [1.82, 2.24) is 14.3 Å². The summed E-state index contributed by atoms with van der Waals surface area (Å²) >= 11 is 6.18. The number of nitrogens with one attached hydrogen (secondary N) is 1. The van der Waals surface area contributed by atoms with Gasteiger partial charge in [-0.05, 0) is 37.0 Å². The molecule has 0 aliphatic heterocycles. The molecule has 0 saturated heterocycles. The lowest BCUT2D eigenvalue weighted by Crippen LogP contribution is -2.55. The molecular formula is C22H30ClN3O5S. The zero-order valence-electron chi connectivity index (χ0n) is 18.2. The third-order valence-electron chi connectivity index (χ3n) is 6.03. The Balaban J connectivity index is 1.81. The highest BCUT2D eigenvalue weighted by Gasteiger charge is 2.43. The van der Waals surface area contributed by atoms with Crippen molar-refractivity contribution in [3.8, 4) is 0 Å². The first-order valence-electron chi connectivity index (χ1n) is 10.9. The highest BCUT2D eigenvalue weighted by atomic mass is 35.5. The van der Waals surface area contributed by atoms with Gasteiger partial charge in [-0.3, -0.25) is 4.79 Å². The average Bonchev–Trinajstić information content (AvgIpc) is 3.06. The molecule has 0 bridgehead atoms. The van der Waals surface area contributed by atoms with E-state index in [-0.39, 0.29) is 29.5 Å². The van der Waals surface area contributed by atoms with E-state index in [4.69, 9.17) is 11.6 Å². The number of benzene rings is 1. The highest BCUT2D eigenvalue weighted by Crippen LogP contribution is 2.30. The minimum Gasteiger partial charge on any atom is -0.480 e. The Hall–Kier alpha value is -1.94. The van der Waals surface area contributed by atoms with Crippen LogP contribution >= 0.6 is 11.6 Å². The Kier molecular flexibility index (Phi) is 7.97. The number of halogens is 1. The number of nitrogens with zero attached hydrogens (tertiary/aromatic N) is 2. The second-order valence-corrected chi connectivity index (χ2v) is 10.4. The van der Waals surface area contributed by atoms with Crippen molar-refractivity contribution >= 4 is 27.6 Å². The Bertz CT molecular complexity index is 1040. The molecule has 1 aliphatic rings. The van der Waals surface area contributed by atoms with Gasteiger partial charge in [0.2, 0.25) is 10.0 Å². The number of hydrogen-bond acceptors (Lipinski definition) is 5. The maximum atomic E-state index is 12.9. The van der Waals surface area contributed by atoms with Gasteiger partial charge in [-0.15, -0.1) is 0 Å². The van der Waals surface area contributed by atoms with Gasteiger partial charge in [0, 0.05) is 13.0 Å². The first-order chi connectivity index (χ1) is 15.2. The van der Waals surface area contributed by atoms with E-state index in [1.165, 1.54) is 12.1 Å². The Morgan fingerprint density at radius 3 is 2.44 bits per heavy atom. The number of sulfonamides is 1. The fourth-order valence-electron chi connectivity index (χ4n) is 4.16. The van der Waals surface area contributed by atoms with Gasteiger partial charge in [0.15, 0.2) is 5.15 Å². The SMILES string of the molecule is CCCCc1nc(Cl)c(CO)n1Cc1ccc(S(=O)(=O)NC2(C(=O)O)CCCCC2)cc1. The summed E-state index contributed by atoms with van der Waals surface area (Å²) in [5.41, 5.74) is -0.110. The summed E-state index contributed by atoms with van der Waals surface area (Å²) in [5, 5.41) is 19.7. The van der Waals surface area contributed by atoms with Crippen LogP contribution < -0.4 is 4.72 Å². The molecule has 2 aromatic rings. The summed E-state index contributed by atoms with van der Waals surface area (Å²) in [5.74, 6) is -0.356. The number of carboxylic acid groups (broad SMARTS) is 1. The number of carboxylic acids is 1. The largest absolute Gasteiger partial charge is 0.480 e. The van der Waals surface area contributed by atoms with Crippen molar-refractivity contribution in [2.75, 3.05) is 0 Å². The molecule has 8 nitrogen and oxygen atoms in total. The van der Waals surface area contributed by atoms with E-state index in [1.807, 2.05) is 4.57 Å². The number of hydrogen-bond donors (Lipinski definition) is 3. The van der Waals surface area contributed by atoms with Crippen LogP contribution in [0.2, 0.25) is 5.15 Å². The zero-order chi connectivity index (χ0) is 23.4. The van der Waals surface area contributed by atoms with E-state index in [9.17, 15) is 23.4 Å². The lowest BCUT2D eigenvalue weighted by molar-refractivity contribution is -0.145. The van der Waals surface area contributed by atoms with Gasteiger partial charge in [0.25, 0.3) is 0 Å². The molecule has 1 heterocycles. The number of aliphatic hydroxyl groups is 1. The summed E-state index contributed by atoms with van der Waals surface area (Å²) in [6.07, 6.45) is 5.48. The number of aryl methyl sites for hydroxylation is 1. The molecule has 1 aliphatic carbocycles. The van der Waals surface area contributed by atoms with Crippen LogP contribution in [0.4, 0.5) is 0 Å². The molecule has 1 fully saturated rings. The van der Waals surface area contributed by atoms with Gasteiger partial charge in [0.1, 0.15) is 11.4 Å². The topological polar surface area (TPSA) is 122 Å². The van der Waals surface area contributed by atoms with E-state index < -0.39 is 21.5 Å². The molecule has 1 aromatic heterocycles. The predicted octanol–water partition coefficient (Wildman–Crippen LogP) is 3.49. The zero-order valence-corrected chi connectivity index (χ0v) is 19.8. The molecule has 3 N–H and O–H groups in total. The minimum absolute atomic E-state index is 0.0182. The maximum absolute atomic E-state index is 12.9. The molecule has 1 aromatic carbocycles. The summed E-state index contributed by atoms with van der Waals surface area (Å²) in [6.45, 7) is 2.23. The first-order valence-corrected chi connectivity index (χ1v) is 12.8. The molecule has 176 valence electrons. The monoisotopic (exact) mass is 483 g/mol. The van der Waals surface area contributed by atoms with E-state index >= 15 is 0 Å². The molecule has 1 saturated carbocycles. The van der Waals surface area contributed by atoms with Crippen LogP contribution in [0.25, 0.3) is 0 Å². The van der Waals surface area contributed by atoms with Crippen molar-refractivity contribution in [2.45, 2.75) is 81.9 Å². The molecule has 0 radical (unpaired) electrons.